The highest BCUT2D eigenvalue weighted by atomic mass is 32.1. The summed E-state index contributed by atoms with van der Waals surface area (Å²) >= 11 is 1.85. The fraction of sp³-hybridized carbons (Fsp3) is 0. The molecule has 0 aliphatic heterocycles. The quantitative estimate of drug-likeness (QED) is 0.171. The summed E-state index contributed by atoms with van der Waals surface area (Å²) < 4.78 is 9.19. The molecule has 5 heteroatoms. The molecule has 0 aliphatic rings. The third-order valence-corrected chi connectivity index (χ3v) is 11.7. The molecule has 4 nitrogen and oxygen atoms in total. The number of hydrogen-bond donors (Lipinski definition) is 0. The lowest BCUT2D eigenvalue weighted by Gasteiger charge is -2.09. The maximum absolute atomic E-state index is 6.61. The molecule has 0 aliphatic carbocycles. The average molecular weight is 734 g/mol. The normalized spacial score (nSPS) is 11.6. The smallest absolute Gasteiger partial charge is 0.164 e. The Bertz CT molecular complexity index is 3230. The van der Waals surface area contributed by atoms with Crippen molar-refractivity contribution in [1.29, 1.82) is 0 Å². The van der Waals surface area contributed by atoms with Crippen molar-refractivity contribution in [2.75, 3.05) is 0 Å². The molecule has 0 bridgehead atoms. The van der Waals surface area contributed by atoms with Crippen LogP contribution in [0.2, 0.25) is 0 Å². The number of thiophene rings is 1. The lowest BCUT2D eigenvalue weighted by molar-refractivity contribution is 0.669. The minimum atomic E-state index is 0.593. The Morgan fingerprint density at radius 3 is 1.48 bits per heavy atom. The molecule has 0 spiro atoms. The first-order valence-corrected chi connectivity index (χ1v) is 19.5. The summed E-state index contributed by atoms with van der Waals surface area (Å²) in [6, 6.07) is 65.7. The molecule has 0 unspecified atom stereocenters. The number of benzene rings is 8. The van der Waals surface area contributed by atoms with Gasteiger partial charge in [-0.3, -0.25) is 0 Å². The van der Waals surface area contributed by atoms with Gasteiger partial charge < -0.3 is 4.42 Å². The van der Waals surface area contributed by atoms with Crippen molar-refractivity contribution in [1.82, 2.24) is 15.0 Å². The van der Waals surface area contributed by atoms with Crippen molar-refractivity contribution in [3.8, 4) is 67.5 Å². The van der Waals surface area contributed by atoms with Crippen LogP contribution in [0.5, 0.6) is 0 Å². The molecule has 3 aromatic heterocycles. The first-order chi connectivity index (χ1) is 27.7. The molecule has 56 heavy (non-hydrogen) atoms. The van der Waals surface area contributed by atoms with Crippen molar-refractivity contribution in [3.63, 3.8) is 0 Å². The van der Waals surface area contributed by atoms with Gasteiger partial charge in [-0.2, -0.15) is 0 Å². The second-order valence-electron chi connectivity index (χ2n) is 14.0. The van der Waals surface area contributed by atoms with Gasteiger partial charge in [0.2, 0.25) is 0 Å². The molecule has 0 radical (unpaired) electrons. The van der Waals surface area contributed by atoms with Gasteiger partial charge >= 0.3 is 0 Å². The standard InChI is InChI=1S/C51H31N3OS/c1-4-11-32(12-5-1)33-19-21-36(22-20-33)50-52-49(35-15-8-3-9-16-35)53-51(54-50)39-24-27-42-41-26-23-38(30-44(41)55-45(42)31-39)37-25-28-46-43(29-37)48-40(17-10-18-47(48)56-46)34-13-6-2-7-14-34/h1-31H. The third-order valence-electron chi connectivity index (χ3n) is 10.6. The largest absolute Gasteiger partial charge is 0.456 e. The zero-order valence-electron chi connectivity index (χ0n) is 30.1. The number of aromatic nitrogens is 3. The van der Waals surface area contributed by atoms with Crippen LogP contribution in [0.25, 0.3) is 110 Å². The molecule has 0 saturated carbocycles. The van der Waals surface area contributed by atoms with E-state index >= 15 is 0 Å². The van der Waals surface area contributed by atoms with Crippen LogP contribution < -0.4 is 0 Å². The van der Waals surface area contributed by atoms with Crippen LogP contribution in [0.4, 0.5) is 0 Å². The van der Waals surface area contributed by atoms with Gasteiger partial charge in [-0.25, -0.2) is 15.0 Å². The maximum Gasteiger partial charge on any atom is 0.164 e. The van der Waals surface area contributed by atoms with E-state index in [4.69, 9.17) is 19.4 Å². The van der Waals surface area contributed by atoms with E-state index in [1.165, 1.54) is 36.9 Å². The van der Waals surface area contributed by atoms with Crippen molar-refractivity contribution >= 4 is 53.4 Å². The SMILES string of the molecule is c1ccc(-c2ccc(-c3nc(-c4ccccc4)nc(-c4ccc5c(c4)oc4cc(-c6ccc7sc8cccc(-c9ccccc9)c8c7c6)ccc45)n3)cc2)cc1. The predicted octanol–water partition coefficient (Wildman–Crippen LogP) is 14.1. The molecule has 8 aromatic carbocycles. The molecule has 262 valence electrons. The molecule has 11 aromatic rings. The number of furan rings is 1. The molecular formula is C51H31N3OS. The van der Waals surface area contributed by atoms with E-state index in [-0.39, 0.29) is 0 Å². The third kappa shape index (κ3) is 5.65. The van der Waals surface area contributed by atoms with Crippen LogP contribution in [-0.2, 0) is 0 Å². The molecule has 0 fully saturated rings. The van der Waals surface area contributed by atoms with Gasteiger partial charge in [0.15, 0.2) is 17.5 Å². The number of hydrogen-bond acceptors (Lipinski definition) is 5. The average Bonchev–Trinajstić information content (AvgIpc) is 3.84. The van der Waals surface area contributed by atoms with Crippen LogP contribution in [0.3, 0.4) is 0 Å². The van der Waals surface area contributed by atoms with Gasteiger partial charge in [0.05, 0.1) is 0 Å². The Balaban J connectivity index is 0.984. The summed E-state index contributed by atoms with van der Waals surface area (Å²) in [5.74, 6) is 1.84. The minimum Gasteiger partial charge on any atom is -0.456 e. The second-order valence-corrected chi connectivity index (χ2v) is 15.1. The fourth-order valence-corrected chi connectivity index (χ4v) is 8.87. The summed E-state index contributed by atoms with van der Waals surface area (Å²) in [5, 5.41) is 4.70. The van der Waals surface area contributed by atoms with E-state index in [0.29, 0.717) is 17.5 Å². The Kier molecular flexibility index (Phi) is 7.64. The van der Waals surface area contributed by atoms with E-state index < -0.39 is 0 Å². The lowest BCUT2D eigenvalue weighted by atomic mass is 9.97. The summed E-state index contributed by atoms with van der Waals surface area (Å²) in [6.45, 7) is 0. The topological polar surface area (TPSA) is 51.8 Å². The summed E-state index contributed by atoms with van der Waals surface area (Å²) in [7, 11) is 0. The van der Waals surface area contributed by atoms with Gasteiger partial charge in [-0.15, -0.1) is 11.3 Å². The molecule has 3 heterocycles. The lowest BCUT2D eigenvalue weighted by Crippen LogP contribution is -2.00. The first-order valence-electron chi connectivity index (χ1n) is 18.7. The van der Waals surface area contributed by atoms with Gasteiger partial charge in [0.1, 0.15) is 11.2 Å². The maximum atomic E-state index is 6.61. The molecular weight excluding hydrogens is 703 g/mol. The van der Waals surface area contributed by atoms with Crippen LogP contribution in [0.1, 0.15) is 0 Å². The zero-order chi connectivity index (χ0) is 37.0. The molecule has 0 saturated heterocycles. The second kappa shape index (κ2) is 13.3. The van der Waals surface area contributed by atoms with Gasteiger partial charge in [-0.1, -0.05) is 146 Å². The van der Waals surface area contributed by atoms with E-state index in [9.17, 15) is 0 Å². The highest BCUT2D eigenvalue weighted by Crippen LogP contribution is 2.42. The van der Waals surface area contributed by atoms with E-state index in [1.54, 1.807) is 0 Å². The van der Waals surface area contributed by atoms with Crippen LogP contribution in [-0.4, -0.2) is 15.0 Å². The van der Waals surface area contributed by atoms with E-state index in [2.05, 4.69) is 152 Å². The van der Waals surface area contributed by atoms with Crippen molar-refractivity contribution in [2.24, 2.45) is 0 Å². The van der Waals surface area contributed by atoms with Gasteiger partial charge in [0, 0.05) is 47.6 Å². The summed E-state index contributed by atoms with van der Waals surface area (Å²) in [6.07, 6.45) is 0. The number of nitrogens with zero attached hydrogens (tertiary/aromatic N) is 3. The summed E-state index contributed by atoms with van der Waals surface area (Å²) in [5.41, 5.74) is 11.4. The number of fused-ring (bicyclic) bond motifs is 6. The summed E-state index contributed by atoms with van der Waals surface area (Å²) in [4.78, 5) is 14.9. The fourth-order valence-electron chi connectivity index (χ4n) is 7.75. The first kappa shape index (κ1) is 32.2. The molecule has 0 atom stereocenters. The Hall–Kier alpha value is -7.21. The van der Waals surface area contributed by atoms with E-state index in [0.717, 1.165) is 55.3 Å². The number of rotatable bonds is 6. The monoisotopic (exact) mass is 733 g/mol. The molecule has 11 rings (SSSR count). The van der Waals surface area contributed by atoms with Crippen molar-refractivity contribution in [3.05, 3.63) is 188 Å². The van der Waals surface area contributed by atoms with Crippen LogP contribution in [0, 0.1) is 0 Å². The Labute approximate surface area is 327 Å². The Morgan fingerprint density at radius 1 is 0.321 bits per heavy atom. The van der Waals surface area contributed by atoms with Crippen LogP contribution in [0.15, 0.2) is 192 Å². The van der Waals surface area contributed by atoms with E-state index in [1.807, 2.05) is 47.7 Å². The highest BCUT2D eigenvalue weighted by Gasteiger charge is 2.17. The van der Waals surface area contributed by atoms with Gasteiger partial charge in [0.25, 0.3) is 0 Å². The predicted molar refractivity (Wildman–Crippen MR) is 233 cm³/mol. The zero-order valence-corrected chi connectivity index (χ0v) is 30.9. The molecule has 0 N–H and O–H groups in total. The van der Waals surface area contributed by atoms with Gasteiger partial charge in [-0.05, 0) is 75.8 Å². The Morgan fingerprint density at radius 2 is 0.804 bits per heavy atom. The molecule has 0 amide bonds. The van der Waals surface area contributed by atoms with Crippen molar-refractivity contribution < 1.29 is 4.42 Å². The van der Waals surface area contributed by atoms with Crippen LogP contribution >= 0.6 is 11.3 Å². The highest BCUT2D eigenvalue weighted by molar-refractivity contribution is 7.26. The minimum absolute atomic E-state index is 0.593. The van der Waals surface area contributed by atoms with Crippen molar-refractivity contribution in [2.45, 2.75) is 0 Å².